The van der Waals surface area contributed by atoms with Crippen LogP contribution in [0.5, 0.6) is 0 Å². The summed E-state index contributed by atoms with van der Waals surface area (Å²) in [4.78, 5) is 22.6. The van der Waals surface area contributed by atoms with E-state index in [0.717, 1.165) is 0 Å². The number of nitro benzene ring substituents is 1. The molecule has 0 aliphatic carbocycles. The van der Waals surface area contributed by atoms with E-state index in [1.807, 2.05) is 0 Å². The molecule has 7 nitrogen and oxygen atoms in total. The summed E-state index contributed by atoms with van der Waals surface area (Å²) in [6.45, 7) is 0. The lowest BCUT2D eigenvalue weighted by Crippen LogP contribution is -2.04. The molecule has 0 radical (unpaired) electrons. The number of hydrogen-bond acceptors (Lipinski definition) is 6. The first-order valence-corrected chi connectivity index (χ1v) is 8.50. The van der Waals surface area contributed by atoms with E-state index in [-0.39, 0.29) is 17.2 Å². The maximum Gasteiger partial charge on any atom is 0.270 e. The number of hydrogen-bond donors (Lipinski definition) is 0. The van der Waals surface area contributed by atoms with Crippen LogP contribution >= 0.6 is 11.8 Å². The lowest BCUT2D eigenvalue weighted by atomic mass is 10.1. The van der Waals surface area contributed by atoms with Gasteiger partial charge in [0, 0.05) is 30.3 Å². The molecule has 0 saturated heterocycles. The highest BCUT2D eigenvalue weighted by Gasteiger charge is 2.16. The maximum absolute atomic E-state index is 12.9. The van der Waals surface area contributed by atoms with Gasteiger partial charge in [-0.05, 0) is 24.3 Å². The van der Waals surface area contributed by atoms with Crippen molar-refractivity contribution in [3.8, 4) is 11.4 Å². The quantitative estimate of drug-likeness (QED) is 0.285. The maximum atomic E-state index is 12.9. The Morgan fingerprint density at radius 2 is 1.96 bits per heavy atom. The molecule has 1 heterocycles. The van der Waals surface area contributed by atoms with Gasteiger partial charge in [-0.25, -0.2) is 4.39 Å². The van der Waals surface area contributed by atoms with Gasteiger partial charge in [0.2, 0.25) is 0 Å². The summed E-state index contributed by atoms with van der Waals surface area (Å²) in [5, 5.41) is 19.5. The third-order valence-corrected chi connectivity index (χ3v) is 4.67. The van der Waals surface area contributed by atoms with Crippen LogP contribution in [-0.4, -0.2) is 31.2 Å². The Hall–Kier alpha value is -3.07. The Labute approximate surface area is 152 Å². The highest BCUT2D eigenvalue weighted by molar-refractivity contribution is 7.99. The van der Waals surface area contributed by atoms with Crippen LogP contribution in [0, 0.1) is 15.9 Å². The van der Waals surface area contributed by atoms with Crippen molar-refractivity contribution < 1.29 is 14.1 Å². The normalized spacial score (nSPS) is 10.7. The van der Waals surface area contributed by atoms with Gasteiger partial charge in [0.25, 0.3) is 5.69 Å². The van der Waals surface area contributed by atoms with Gasteiger partial charge < -0.3 is 4.57 Å². The second-order valence-corrected chi connectivity index (χ2v) is 6.33. The third-order valence-electron chi connectivity index (χ3n) is 3.65. The molecule has 0 aliphatic rings. The molecule has 26 heavy (non-hydrogen) atoms. The number of halogens is 1. The number of carbonyl (C=O) groups is 1. The SMILES string of the molecule is Cn1c(SCC(=O)c2ccc(F)cc2)nnc1-c1cccc([N+](=O)[O-])c1. The second kappa shape index (κ2) is 7.44. The van der Waals surface area contributed by atoms with Crippen molar-refractivity contribution in [1.82, 2.24) is 14.8 Å². The zero-order chi connectivity index (χ0) is 18.7. The van der Waals surface area contributed by atoms with Crippen molar-refractivity contribution in [2.24, 2.45) is 7.05 Å². The number of rotatable bonds is 6. The number of nitro groups is 1. The van der Waals surface area contributed by atoms with Gasteiger partial charge in [-0.2, -0.15) is 0 Å². The molecular weight excluding hydrogens is 359 g/mol. The Kier molecular flexibility index (Phi) is 5.08. The van der Waals surface area contributed by atoms with Crippen molar-refractivity contribution in [2.75, 3.05) is 5.75 Å². The van der Waals surface area contributed by atoms with Gasteiger partial charge in [0.1, 0.15) is 5.82 Å². The number of thioether (sulfide) groups is 1. The van der Waals surface area contributed by atoms with E-state index < -0.39 is 10.7 Å². The van der Waals surface area contributed by atoms with E-state index in [1.165, 1.54) is 48.2 Å². The monoisotopic (exact) mass is 372 g/mol. The zero-order valence-electron chi connectivity index (χ0n) is 13.6. The molecule has 0 spiro atoms. The van der Waals surface area contributed by atoms with Gasteiger partial charge >= 0.3 is 0 Å². The topological polar surface area (TPSA) is 90.9 Å². The second-order valence-electron chi connectivity index (χ2n) is 5.39. The Bertz CT molecular complexity index is 972. The summed E-state index contributed by atoms with van der Waals surface area (Å²) in [6.07, 6.45) is 0. The molecule has 0 bridgehead atoms. The fourth-order valence-electron chi connectivity index (χ4n) is 2.30. The predicted molar refractivity (Wildman–Crippen MR) is 94.5 cm³/mol. The molecule has 3 aromatic rings. The average Bonchev–Trinajstić information content (AvgIpc) is 3.01. The third kappa shape index (κ3) is 3.77. The van der Waals surface area contributed by atoms with E-state index in [4.69, 9.17) is 0 Å². The number of non-ortho nitro benzene ring substituents is 1. The van der Waals surface area contributed by atoms with Gasteiger partial charge in [-0.1, -0.05) is 23.9 Å². The van der Waals surface area contributed by atoms with Crippen LogP contribution in [-0.2, 0) is 7.05 Å². The van der Waals surface area contributed by atoms with Crippen LogP contribution in [0.25, 0.3) is 11.4 Å². The Morgan fingerprint density at radius 3 is 2.65 bits per heavy atom. The van der Waals surface area contributed by atoms with E-state index in [9.17, 15) is 19.3 Å². The summed E-state index contributed by atoms with van der Waals surface area (Å²) < 4.78 is 14.6. The lowest BCUT2D eigenvalue weighted by molar-refractivity contribution is -0.384. The van der Waals surface area contributed by atoms with Crippen molar-refractivity contribution in [1.29, 1.82) is 0 Å². The molecule has 0 unspecified atom stereocenters. The molecule has 0 N–H and O–H groups in total. The summed E-state index contributed by atoms with van der Waals surface area (Å²) in [5.41, 5.74) is 0.942. The van der Waals surface area contributed by atoms with Crippen molar-refractivity contribution in [3.05, 3.63) is 70.0 Å². The number of nitrogens with zero attached hydrogens (tertiary/aromatic N) is 4. The first-order valence-electron chi connectivity index (χ1n) is 7.51. The van der Waals surface area contributed by atoms with E-state index in [0.29, 0.717) is 22.1 Å². The molecule has 0 saturated carbocycles. The minimum Gasteiger partial charge on any atom is -0.305 e. The van der Waals surface area contributed by atoms with Gasteiger partial charge in [-0.15, -0.1) is 10.2 Å². The summed E-state index contributed by atoms with van der Waals surface area (Å²) in [7, 11) is 1.72. The highest BCUT2D eigenvalue weighted by atomic mass is 32.2. The highest BCUT2D eigenvalue weighted by Crippen LogP contribution is 2.25. The molecular formula is C17H13FN4O3S. The van der Waals surface area contributed by atoms with Crippen molar-refractivity contribution >= 4 is 23.2 Å². The Morgan fingerprint density at radius 1 is 1.23 bits per heavy atom. The van der Waals surface area contributed by atoms with Gasteiger partial charge in [0.15, 0.2) is 16.8 Å². The lowest BCUT2D eigenvalue weighted by Gasteiger charge is -2.04. The standard InChI is InChI=1S/C17H13FN4O3S/c1-21-16(12-3-2-4-14(9-12)22(24)25)19-20-17(21)26-10-15(23)11-5-7-13(18)8-6-11/h2-9H,10H2,1H3. The summed E-state index contributed by atoms with van der Waals surface area (Å²) in [6, 6.07) is 11.4. The molecule has 0 aliphatic heterocycles. The molecule has 2 aromatic carbocycles. The minimum atomic E-state index is -0.475. The zero-order valence-corrected chi connectivity index (χ0v) is 14.4. The van der Waals surface area contributed by atoms with Crippen molar-refractivity contribution in [3.63, 3.8) is 0 Å². The summed E-state index contributed by atoms with van der Waals surface area (Å²) in [5.74, 6) is 0.0245. The van der Waals surface area contributed by atoms with Crippen LogP contribution in [0.4, 0.5) is 10.1 Å². The molecule has 0 fully saturated rings. The molecule has 0 amide bonds. The van der Waals surface area contributed by atoms with Gasteiger partial charge in [0.05, 0.1) is 10.7 Å². The van der Waals surface area contributed by atoms with Crippen LogP contribution < -0.4 is 0 Å². The number of ketones is 1. The van der Waals surface area contributed by atoms with E-state index in [2.05, 4.69) is 10.2 Å². The summed E-state index contributed by atoms with van der Waals surface area (Å²) >= 11 is 1.19. The van der Waals surface area contributed by atoms with E-state index >= 15 is 0 Å². The van der Waals surface area contributed by atoms with Crippen LogP contribution in [0.1, 0.15) is 10.4 Å². The fourth-order valence-corrected chi connectivity index (χ4v) is 3.11. The smallest absolute Gasteiger partial charge is 0.270 e. The predicted octanol–water partition coefficient (Wildman–Crippen LogP) is 3.50. The molecule has 9 heteroatoms. The Balaban J connectivity index is 1.75. The molecule has 132 valence electrons. The first kappa shape index (κ1) is 17.7. The number of carbonyl (C=O) groups excluding carboxylic acids is 1. The van der Waals surface area contributed by atoms with E-state index in [1.54, 1.807) is 23.7 Å². The minimum absolute atomic E-state index is 0.0359. The number of Topliss-reactive ketones (excluding diaryl/α,β-unsaturated/α-hetero) is 1. The fraction of sp³-hybridized carbons (Fsp3) is 0.118. The largest absolute Gasteiger partial charge is 0.305 e. The van der Waals surface area contributed by atoms with Crippen LogP contribution in [0.15, 0.2) is 53.7 Å². The number of aromatic nitrogens is 3. The van der Waals surface area contributed by atoms with Crippen LogP contribution in [0.2, 0.25) is 0 Å². The average molecular weight is 372 g/mol. The first-order chi connectivity index (χ1) is 12.5. The van der Waals surface area contributed by atoms with Crippen molar-refractivity contribution in [2.45, 2.75) is 5.16 Å². The molecule has 3 rings (SSSR count). The van der Waals surface area contributed by atoms with Gasteiger partial charge in [-0.3, -0.25) is 14.9 Å². The number of benzene rings is 2. The van der Waals surface area contributed by atoms with Crippen LogP contribution in [0.3, 0.4) is 0 Å². The molecule has 0 atom stereocenters. The molecule has 1 aromatic heterocycles.